The van der Waals surface area contributed by atoms with E-state index in [0.717, 1.165) is 17.5 Å². The monoisotopic (exact) mass is 308 g/mol. The van der Waals surface area contributed by atoms with Gasteiger partial charge >= 0.3 is 0 Å². The van der Waals surface area contributed by atoms with Crippen LogP contribution in [0.4, 0.5) is 0 Å². The van der Waals surface area contributed by atoms with E-state index in [1.54, 1.807) is 4.90 Å². The Morgan fingerprint density at radius 1 is 1.33 bits per heavy atom. The van der Waals surface area contributed by atoms with Gasteiger partial charge in [-0.3, -0.25) is 4.79 Å². The van der Waals surface area contributed by atoms with E-state index in [9.17, 15) is 4.79 Å². The van der Waals surface area contributed by atoms with E-state index in [0.29, 0.717) is 37.7 Å². The van der Waals surface area contributed by atoms with Crippen LogP contribution in [0.5, 0.6) is 0 Å². The normalized spacial score (nSPS) is 10.4. The lowest BCUT2D eigenvalue weighted by atomic mass is 10.1. The Morgan fingerprint density at radius 2 is 2.05 bits per heavy atom. The highest BCUT2D eigenvalue weighted by atomic mass is 32.1. The molecule has 0 aromatic heterocycles. The number of benzene rings is 1. The molecule has 0 saturated carbocycles. The summed E-state index contributed by atoms with van der Waals surface area (Å²) in [5.41, 5.74) is 7.27. The summed E-state index contributed by atoms with van der Waals surface area (Å²) >= 11 is 4.91. The van der Waals surface area contributed by atoms with Gasteiger partial charge in [-0.2, -0.15) is 0 Å². The molecular weight excluding hydrogens is 284 g/mol. The van der Waals surface area contributed by atoms with Gasteiger partial charge in [0.25, 0.3) is 5.91 Å². The molecule has 0 bridgehead atoms. The van der Waals surface area contributed by atoms with Crippen molar-refractivity contribution in [1.29, 1.82) is 0 Å². The van der Waals surface area contributed by atoms with E-state index < -0.39 is 0 Å². The zero-order chi connectivity index (χ0) is 15.7. The summed E-state index contributed by atoms with van der Waals surface area (Å²) in [6.45, 7) is 6.45. The number of hydrogen-bond acceptors (Lipinski definition) is 3. The standard InChI is InChI=1S/C16H24N2O2S/c1-3-20-12-6-10-18(11-9-15(17)21)16(19)14-8-5-4-7-13(14)2/h4-5,7-8H,3,6,9-12H2,1-2H3,(H2,17,21). The van der Waals surface area contributed by atoms with E-state index in [2.05, 4.69) is 0 Å². The molecule has 21 heavy (non-hydrogen) atoms. The molecule has 0 aliphatic rings. The number of thiocarbonyl (C=S) groups is 1. The minimum Gasteiger partial charge on any atom is -0.393 e. The Balaban J connectivity index is 2.71. The number of hydrogen-bond donors (Lipinski definition) is 1. The van der Waals surface area contributed by atoms with Crippen molar-refractivity contribution < 1.29 is 9.53 Å². The van der Waals surface area contributed by atoms with Crippen molar-refractivity contribution in [2.75, 3.05) is 26.3 Å². The highest BCUT2D eigenvalue weighted by molar-refractivity contribution is 7.80. The summed E-state index contributed by atoms with van der Waals surface area (Å²) < 4.78 is 5.33. The second kappa shape index (κ2) is 9.47. The zero-order valence-electron chi connectivity index (χ0n) is 12.8. The van der Waals surface area contributed by atoms with Crippen LogP contribution in [-0.2, 0) is 4.74 Å². The van der Waals surface area contributed by atoms with Gasteiger partial charge in [0.05, 0.1) is 4.99 Å². The molecule has 0 heterocycles. The minimum absolute atomic E-state index is 0.0286. The summed E-state index contributed by atoms with van der Waals surface area (Å²) in [4.78, 5) is 14.9. The van der Waals surface area contributed by atoms with Crippen molar-refractivity contribution in [2.24, 2.45) is 5.73 Å². The molecule has 4 nitrogen and oxygen atoms in total. The van der Waals surface area contributed by atoms with Crippen LogP contribution < -0.4 is 5.73 Å². The molecule has 2 N–H and O–H groups in total. The van der Waals surface area contributed by atoms with Crippen molar-refractivity contribution in [3.63, 3.8) is 0 Å². The molecule has 1 amide bonds. The number of nitrogens with two attached hydrogens (primary N) is 1. The van der Waals surface area contributed by atoms with Crippen molar-refractivity contribution in [1.82, 2.24) is 4.90 Å². The molecule has 0 spiro atoms. The third kappa shape index (κ3) is 6.23. The van der Waals surface area contributed by atoms with Crippen LogP contribution >= 0.6 is 12.2 Å². The molecule has 0 aliphatic carbocycles. The first-order valence-electron chi connectivity index (χ1n) is 7.27. The Morgan fingerprint density at radius 3 is 2.67 bits per heavy atom. The maximum atomic E-state index is 12.6. The maximum Gasteiger partial charge on any atom is 0.254 e. The maximum absolute atomic E-state index is 12.6. The van der Waals surface area contributed by atoms with Crippen molar-refractivity contribution in [3.05, 3.63) is 35.4 Å². The second-order valence-electron chi connectivity index (χ2n) is 4.87. The van der Waals surface area contributed by atoms with Crippen LogP contribution in [0.2, 0.25) is 0 Å². The van der Waals surface area contributed by atoms with Gasteiger partial charge in [-0.15, -0.1) is 0 Å². The number of rotatable bonds is 9. The third-order valence-electron chi connectivity index (χ3n) is 3.21. The predicted octanol–water partition coefficient (Wildman–Crippen LogP) is 2.54. The summed E-state index contributed by atoms with van der Waals surface area (Å²) in [5.74, 6) is 0.0286. The number of carbonyl (C=O) groups excluding carboxylic acids is 1. The second-order valence-corrected chi connectivity index (χ2v) is 5.40. The first-order valence-corrected chi connectivity index (χ1v) is 7.68. The van der Waals surface area contributed by atoms with Gasteiger partial charge in [0.15, 0.2) is 0 Å². The molecular formula is C16H24N2O2S. The number of nitrogens with zero attached hydrogens (tertiary/aromatic N) is 1. The van der Waals surface area contributed by atoms with Gasteiger partial charge in [-0.1, -0.05) is 30.4 Å². The fraction of sp³-hybridized carbons (Fsp3) is 0.500. The molecule has 0 radical (unpaired) electrons. The summed E-state index contributed by atoms with van der Waals surface area (Å²) in [6, 6.07) is 7.61. The Labute approximate surface area is 132 Å². The van der Waals surface area contributed by atoms with Gasteiger partial charge in [0.1, 0.15) is 0 Å². The van der Waals surface area contributed by atoms with Gasteiger partial charge in [0, 0.05) is 38.3 Å². The summed E-state index contributed by atoms with van der Waals surface area (Å²) in [5, 5.41) is 0. The smallest absolute Gasteiger partial charge is 0.254 e. The van der Waals surface area contributed by atoms with Crippen LogP contribution in [0.15, 0.2) is 24.3 Å². The Hall–Kier alpha value is -1.46. The van der Waals surface area contributed by atoms with E-state index in [1.807, 2.05) is 38.1 Å². The van der Waals surface area contributed by atoms with Gasteiger partial charge in [0.2, 0.25) is 0 Å². The largest absolute Gasteiger partial charge is 0.393 e. The molecule has 0 fully saturated rings. The molecule has 1 rings (SSSR count). The highest BCUT2D eigenvalue weighted by Gasteiger charge is 2.17. The first-order chi connectivity index (χ1) is 10.1. The van der Waals surface area contributed by atoms with E-state index in [-0.39, 0.29) is 5.91 Å². The zero-order valence-corrected chi connectivity index (χ0v) is 13.6. The number of ether oxygens (including phenoxy) is 1. The molecule has 1 aromatic carbocycles. The van der Waals surface area contributed by atoms with E-state index in [1.165, 1.54) is 0 Å². The fourth-order valence-electron chi connectivity index (χ4n) is 2.05. The van der Waals surface area contributed by atoms with Crippen molar-refractivity contribution in [2.45, 2.75) is 26.7 Å². The minimum atomic E-state index is 0.0286. The van der Waals surface area contributed by atoms with Gasteiger partial charge in [-0.25, -0.2) is 0 Å². The number of aryl methyl sites for hydroxylation is 1. The van der Waals surface area contributed by atoms with Crippen molar-refractivity contribution in [3.8, 4) is 0 Å². The fourth-order valence-corrected chi connectivity index (χ4v) is 2.14. The van der Waals surface area contributed by atoms with Crippen LogP contribution in [0.25, 0.3) is 0 Å². The van der Waals surface area contributed by atoms with Crippen LogP contribution in [0.3, 0.4) is 0 Å². The summed E-state index contributed by atoms with van der Waals surface area (Å²) in [6.07, 6.45) is 1.35. The van der Waals surface area contributed by atoms with Crippen LogP contribution in [0, 0.1) is 6.92 Å². The summed E-state index contributed by atoms with van der Waals surface area (Å²) in [7, 11) is 0. The van der Waals surface area contributed by atoms with Crippen LogP contribution in [-0.4, -0.2) is 42.1 Å². The molecule has 0 unspecified atom stereocenters. The van der Waals surface area contributed by atoms with E-state index in [4.69, 9.17) is 22.7 Å². The predicted molar refractivity (Wildman–Crippen MR) is 89.6 cm³/mol. The van der Waals surface area contributed by atoms with Crippen molar-refractivity contribution >= 4 is 23.1 Å². The lowest BCUT2D eigenvalue weighted by Crippen LogP contribution is -2.35. The van der Waals surface area contributed by atoms with Gasteiger partial charge < -0.3 is 15.4 Å². The average molecular weight is 308 g/mol. The lowest BCUT2D eigenvalue weighted by Gasteiger charge is -2.23. The SMILES string of the molecule is CCOCCCN(CCC(N)=S)C(=O)c1ccccc1C. The first kappa shape index (κ1) is 17.6. The molecule has 0 saturated heterocycles. The number of amides is 1. The quantitative estimate of drug-likeness (QED) is 0.562. The molecule has 116 valence electrons. The molecule has 0 aliphatic heterocycles. The lowest BCUT2D eigenvalue weighted by molar-refractivity contribution is 0.0730. The van der Waals surface area contributed by atoms with E-state index >= 15 is 0 Å². The molecule has 0 atom stereocenters. The van der Waals surface area contributed by atoms with Gasteiger partial charge in [-0.05, 0) is 31.9 Å². The molecule has 5 heteroatoms. The Kier molecular flexibility index (Phi) is 7.93. The highest BCUT2D eigenvalue weighted by Crippen LogP contribution is 2.11. The molecule has 1 aromatic rings. The topological polar surface area (TPSA) is 55.6 Å². The Bertz CT molecular complexity index is 477. The third-order valence-corrected chi connectivity index (χ3v) is 3.42. The van der Waals surface area contributed by atoms with Crippen LogP contribution in [0.1, 0.15) is 35.7 Å². The number of carbonyl (C=O) groups is 1. The average Bonchev–Trinajstić information content (AvgIpc) is 2.46.